The Morgan fingerprint density at radius 1 is 1.06 bits per heavy atom. The first-order valence-corrected chi connectivity index (χ1v) is 11.1. The molecule has 180 valence electrons. The van der Waals surface area contributed by atoms with Gasteiger partial charge in [0, 0.05) is 25.7 Å². The van der Waals surface area contributed by atoms with Gasteiger partial charge in [0.2, 0.25) is 5.89 Å². The summed E-state index contributed by atoms with van der Waals surface area (Å²) in [4.78, 5) is 20.6. The molecule has 0 aliphatic carbocycles. The molecule has 0 spiro atoms. The molecule has 2 aromatic carbocycles. The van der Waals surface area contributed by atoms with E-state index in [1.807, 2.05) is 42.2 Å². The summed E-state index contributed by atoms with van der Waals surface area (Å²) in [5.74, 6) is 0.0206. The van der Waals surface area contributed by atoms with Gasteiger partial charge in [0.15, 0.2) is 5.69 Å². The Bertz CT molecular complexity index is 1100. The van der Waals surface area contributed by atoms with Gasteiger partial charge in [-0.15, -0.1) is 0 Å². The normalized spacial score (nSPS) is 15.5. The van der Waals surface area contributed by atoms with Crippen molar-refractivity contribution in [3.05, 3.63) is 89.1 Å². The van der Waals surface area contributed by atoms with Crippen LogP contribution in [0.4, 0.5) is 13.2 Å². The maximum absolute atomic E-state index is 13.6. The fourth-order valence-electron chi connectivity index (χ4n) is 4.01. The van der Waals surface area contributed by atoms with Crippen molar-refractivity contribution in [1.82, 2.24) is 14.8 Å². The highest BCUT2D eigenvalue weighted by Crippen LogP contribution is 2.34. The lowest BCUT2D eigenvalue weighted by Crippen LogP contribution is -2.40. The van der Waals surface area contributed by atoms with Gasteiger partial charge >= 0.3 is 6.18 Å². The summed E-state index contributed by atoms with van der Waals surface area (Å²) in [5.41, 5.74) is 0.618. The maximum atomic E-state index is 13.6. The van der Waals surface area contributed by atoms with Crippen LogP contribution in [0.2, 0.25) is 0 Å². The van der Waals surface area contributed by atoms with Crippen molar-refractivity contribution >= 4 is 5.91 Å². The summed E-state index contributed by atoms with van der Waals surface area (Å²) in [5, 5.41) is 0. The number of benzene rings is 2. The van der Waals surface area contributed by atoms with Gasteiger partial charge in [0.1, 0.15) is 6.26 Å². The van der Waals surface area contributed by atoms with E-state index in [-0.39, 0.29) is 42.2 Å². The second kappa shape index (κ2) is 10.4. The molecule has 1 fully saturated rings. The fraction of sp³-hybridized carbons (Fsp3) is 0.360. The SMILES string of the molecule is C[C@@H](c1ccccc1)N(Cc1nc(C(=O)N2CCOCC2)co1)Cc1ccccc1C(F)(F)F. The minimum atomic E-state index is -4.46. The molecule has 2 heterocycles. The van der Waals surface area contributed by atoms with Gasteiger partial charge in [-0.2, -0.15) is 13.2 Å². The highest BCUT2D eigenvalue weighted by molar-refractivity contribution is 5.92. The molecule has 1 aliphatic rings. The van der Waals surface area contributed by atoms with Gasteiger partial charge in [-0.05, 0) is 24.1 Å². The Labute approximate surface area is 195 Å². The predicted octanol–water partition coefficient (Wildman–Crippen LogP) is 4.93. The number of carbonyl (C=O) groups excluding carboxylic acids is 1. The monoisotopic (exact) mass is 473 g/mol. The predicted molar refractivity (Wildman–Crippen MR) is 119 cm³/mol. The van der Waals surface area contributed by atoms with Gasteiger partial charge in [0.05, 0.1) is 25.3 Å². The second-order valence-electron chi connectivity index (χ2n) is 8.18. The molecule has 6 nitrogen and oxygen atoms in total. The fourth-order valence-corrected chi connectivity index (χ4v) is 4.01. The van der Waals surface area contributed by atoms with E-state index < -0.39 is 11.7 Å². The van der Waals surface area contributed by atoms with E-state index in [9.17, 15) is 18.0 Å². The smallest absolute Gasteiger partial charge is 0.416 e. The van der Waals surface area contributed by atoms with E-state index in [2.05, 4.69) is 4.98 Å². The molecular formula is C25H26F3N3O3. The Balaban J connectivity index is 1.59. The number of hydrogen-bond donors (Lipinski definition) is 0. The van der Waals surface area contributed by atoms with E-state index in [1.54, 1.807) is 11.0 Å². The molecule has 4 rings (SSSR count). The summed E-state index contributed by atoms with van der Waals surface area (Å²) in [7, 11) is 0. The van der Waals surface area contributed by atoms with Gasteiger partial charge in [-0.3, -0.25) is 9.69 Å². The minimum Gasteiger partial charge on any atom is -0.447 e. The first kappa shape index (κ1) is 24.0. The molecule has 1 atom stereocenters. The third kappa shape index (κ3) is 5.66. The topological polar surface area (TPSA) is 58.8 Å². The lowest BCUT2D eigenvalue weighted by molar-refractivity contribution is -0.138. The Hall–Kier alpha value is -3.17. The lowest BCUT2D eigenvalue weighted by atomic mass is 10.0. The van der Waals surface area contributed by atoms with Crippen LogP contribution in [0.3, 0.4) is 0 Å². The van der Waals surface area contributed by atoms with Gasteiger partial charge in [-0.25, -0.2) is 4.98 Å². The zero-order valence-corrected chi connectivity index (χ0v) is 18.8. The van der Waals surface area contributed by atoms with E-state index in [0.717, 1.165) is 11.6 Å². The summed E-state index contributed by atoms with van der Waals surface area (Å²) in [6, 6.07) is 14.8. The third-order valence-corrected chi connectivity index (χ3v) is 5.93. The number of oxazole rings is 1. The van der Waals surface area contributed by atoms with Crippen molar-refractivity contribution < 1.29 is 27.1 Å². The van der Waals surface area contributed by atoms with E-state index in [1.165, 1.54) is 18.4 Å². The molecule has 0 bridgehead atoms. The van der Waals surface area contributed by atoms with Crippen LogP contribution in [0.15, 0.2) is 65.3 Å². The molecule has 0 radical (unpaired) electrons. The number of aromatic nitrogens is 1. The van der Waals surface area contributed by atoms with Crippen LogP contribution >= 0.6 is 0 Å². The Morgan fingerprint density at radius 3 is 2.44 bits per heavy atom. The molecule has 1 aliphatic heterocycles. The highest BCUT2D eigenvalue weighted by Gasteiger charge is 2.34. The molecule has 0 unspecified atom stereocenters. The second-order valence-corrected chi connectivity index (χ2v) is 8.18. The quantitative estimate of drug-likeness (QED) is 0.487. The van der Waals surface area contributed by atoms with Gasteiger partial charge in [0.25, 0.3) is 5.91 Å². The van der Waals surface area contributed by atoms with Crippen LogP contribution in [0, 0.1) is 0 Å². The third-order valence-electron chi connectivity index (χ3n) is 5.93. The average Bonchev–Trinajstić information content (AvgIpc) is 3.32. The van der Waals surface area contributed by atoms with Gasteiger partial charge < -0.3 is 14.1 Å². The van der Waals surface area contributed by atoms with Crippen LogP contribution in [-0.4, -0.2) is 47.0 Å². The van der Waals surface area contributed by atoms with E-state index >= 15 is 0 Å². The Kier molecular flexibility index (Phi) is 7.33. The summed E-state index contributed by atoms with van der Waals surface area (Å²) >= 11 is 0. The van der Waals surface area contributed by atoms with E-state index in [4.69, 9.17) is 9.15 Å². The molecule has 1 saturated heterocycles. The molecule has 0 N–H and O–H groups in total. The maximum Gasteiger partial charge on any atom is 0.416 e. The van der Waals surface area contributed by atoms with Crippen molar-refractivity contribution in [2.24, 2.45) is 0 Å². The largest absolute Gasteiger partial charge is 0.447 e. The van der Waals surface area contributed by atoms with Crippen LogP contribution < -0.4 is 0 Å². The first-order valence-electron chi connectivity index (χ1n) is 11.1. The van der Waals surface area contributed by atoms with Crippen molar-refractivity contribution in [2.75, 3.05) is 26.3 Å². The molecular weight excluding hydrogens is 447 g/mol. The summed E-state index contributed by atoms with van der Waals surface area (Å²) < 4.78 is 51.7. The minimum absolute atomic E-state index is 0.0286. The average molecular weight is 473 g/mol. The number of rotatable bonds is 7. The number of morpholine rings is 1. The first-order chi connectivity index (χ1) is 16.3. The highest BCUT2D eigenvalue weighted by atomic mass is 19.4. The van der Waals surface area contributed by atoms with Crippen molar-refractivity contribution in [3.8, 4) is 0 Å². The number of ether oxygens (including phenoxy) is 1. The number of alkyl halides is 3. The van der Waals surface area contributed by atoms with E-state index in [0.29, 0.717) is 26.3 Å². The Morgan fingerprint density at radius 2 is 1.74 bits per heavy atom. The number of nitrogens with zero attached hydrogens (tertiary/aromatic N) is 3. The number of hydrogen-bond acceptors (Lipinski definition) is 5. The molecule has 1 aromatic heterocycles. The lowest BCUT2D eigenvalue weighted by Gasteiger charge is -2.29. The standard InChI is InChI=1S/C25H26F3N3O3/c1-18(19-7-3-2-4-8-19)31(15-20-9-5-6-10-21(20)25(26,27)28)16-23-29-22(17-34-23)24(32)30-11-13-33-14-12-30/h2-10,17-18H,11-16H2,1H3/t18-/m0/s1. The number of amides is 1. The zero-order valence-electron chi connectivity index (χ0n) is 18.8. The number of halogens is 3. The van der Waals surface area contributed by atoms with Crippen molar-refractivity contribution in [2.45, 2.75) is 32.2 Å². The summed E-state index contributed by atoms with van der Waals surface area (Å²) in [6.45, 7) is 3.99. The summed E-state index contributed by atoms with van der Waals surface area (Å²) in [6.07, 6.45) is -3.15. The molecule has 1 amide bonds. The molecule has 0 saturated carbocycles. The van der Waals surface area contributed by atoms with Crippen LogP contribution in [0.5, 0.6) is 0 Å². The number of carbonyl (C=O) groups is 1. The van der Waals surface area contributed by atoms with Crippen molar-refractivity contribution in [3.63, 3.8) is 0 Å². The van der Waals surface area contributed by atoms with Crippen LogP contribution in [-0.2, 0) is 24.0 Å². The zero-order chi connectivity index (χ0) is 24.1. The van der Waals surface area contributed by atoms with Crippen molar-refractivity contribution in [1.29, 1.82) is 0 Å². The van der Waals surface area contributed by atoms with Crippen LogP contribution in [0.1, 0.15) is 46.0 Å². The molecule has 3 aromatic rings. The van der Waals surface area contributed by atoms with Gasteiger partial charge in [-0.1, -0.05) is 48.5 Å². The molecule has 34 heavy (non-hydrogen) atoms. The molecule has 9 heteroatoms. The van der Waals surface area contributed by atoms with Crippen LogP contribution in [0.25, 0.3) is 0 Å².